The maximum Gasteiger partial charge on any atom is 0.408 e. The second-order valence-electron chi connectivity index (χ2n) is 20.2. The van der Waals surface area contributed by atoms with E-state index in [2.05, 4.69) is 24.3 Å². The van der Waals surface area contributed by atoms with E-state index in [0.29, 0.717) is 0 Å². The molecule has 0 aliphatic carbocycles. The number of amides is 4. The number of carbonyl (C=O) groups is 10. The highest BCUT2D eigenvalue weighted by atomic mass is 33.1. The molecule has 6 atom stereocenters. The van der Waals surface area contributed by atoms with Crippen LogP contribution in [-0.2, 0) is 86.5 Å². The molecule has 28 nitrogen and oxygen atoms in total. The molecule has 74 heavy (non-hydrogen) atoms. The quantitative estimate of drug-likeness (QED) is 0.0162. The second-order valence-corrected chi connectivity index (χ2v) is 24.9. The Morgan fingerprint density at radius 3 is 1.31 bits per heavy atom. The Balaban J connectivity index is 6.79. The number of ether oxygens (including phenoxy) is 4. The molecule has 0 rings (SSSR count). The Bertz CT molecular complexity index is 2060. The number of hydrogen-bond donors (Lipinski definition) is 8. The summed E-state index contributed by atoms with van der Waals surface area (Å²) in [7, 11) is -8.90. The van der Waals surface area contributed by atoms with Crippen molar-refractivity contribution in [3.63, 3.8) is 0 Å². The van der Waals surface area contributed by atoms with Gasteiger partial charge in [0, 0.05) is 37.2 Å². The Kier molecular flexibility index (Phi) is 28.1. The third-order valence-corrected chi connectivity index (χ3v) is 11.9. The van der Waals surface area contributed by atoms with Gasteiger partial charge < -0.3 is 50.4 Å². The van der Waals surface area contributed by atoms with Crippen LogP contribution in [-0.4, -0.2) is 167 Å². The van der Waals surface area contributed by atoms with E-state index in [1.807, 2.05) is 5.32 Å². The lowest BCUT2D eigenvalue weighted by Gasteiger charge is -2.26. The van der Waals surface area contributed by atoms with Gasteiger partial charge in [0.05, 0.1) is 31.1 Å². The van der Waals surface area contributed by atoms with Crippen molar-refractivity contribution in [2.45, 2.75) is 168 Å². The van der Waals surface area contributed by atoms with Crippen LogP contribution in [0.4, 0.5) is 9.59 Å². The molecule has 0 unspecified atom stereocenters. The molecule has 0 aromatic carbocycles. The molecule has 0 aliphatic rings. The highest BCUT2D eigenvalue weighted by Crippen LogP contribution is 2.28. The van der Waals surface area contributed by atoms with Gasteiger partial charge in [-0.3, -0.25) is 33.1 Å². The van der Waals surface area contributed by atoms with Gasteiger partial charge in [0.25, 0.3) is 0 Å². The van der Waals surface area contributed by atoms with Crippen LogP contribution >= 0.6 is 21.6 Å². The summed E-state index contributed by atoms with van der Waals surface area (Å²) >= 11 is 0. The van der Waals surface area contributed by atoms with Gasteiger partial charge in [-0.25, -0.2) is 32.3 Å². The van der Waals surface area contributed by atoms with E-state index in [1.54, 1.807) is 83.1 Å². The standard InChI is InChI=1S/C42H70N4O24S4/c1-39(2,3)67-35(55)26(45-37(57)69-41(7,8)9)14-13-25(47)17-24(32(50)44-28(34(53)54)20-66-74(62,63)64)21-71-72-22-29(30(48)18-23(33(51)52)19-65-73(59,60)61)43-31(49)16-15-27(36(56)68-40(4,5)6)46-38(58)70-42(10,11)12/h23-24,26-29H,13-22H2,1-12H3,(H,43,49)(H,44,50)(H,45,57)(H,46,58)(H,51,52)(H,53,54)(H,59,60,61)(H,62,63,64)/t23-,24-,26-,27-,28-,29-/m0/s1. The summed E-state index contributed by atoms with van der Waals surface area (Å²) in [5.74, 6) is -13.7. The smallest absolute Gasteiger partial charge is 0.408 e. The molecule has 426 valence electrons. The minimum atomic E-state index is -5.20. The van der Waals surface area contributed by atoms with Crippen molar-refractivity contribution < 1.29 is 111 Å². The highest BCUT2D eigenvalue weighted by Gasteiger charge is 2.35. The summed E-state index contributed by atoms with van der Waals surface area (Å²) < 4.78 is 92.2. The van der Waals surface area contributed by atoms with Gasteiger partial charge in [0.1, 0.15) is 40.3 Å². The average Bonchev–Trinajstić information content (AvgIpc) is 3.17. The first kappa shape index (κ1) is 69.1. The molecule has 0 aromatic heterocycles. The molecular formula is C42H70N4O24S4. The third kappa shape index (κ3) is 34.6. The number of carboxylic acid groups (broad SMARTS) is 2. The van der Waals surface area contributed by atoms with E-state index in [-0.39, 0.29) is 0 Å². The molecule has 4 amide bonds. The predicted octanol–water partition coefficient (Wildman–Crippen LogP) is 2.33. The minimum Gasteiger partial charge on any atom is -0.481 e. The summed E-state index contributed by atoms with van der Waals surface area (Å²) in [5, 5.41) is 28.4. The number of hydrogen-bond acceptors (Lipinski definition) is 22. The van der Waals surface area contributed by atoms with Gasteiger partial charge in [0.15, 0.2) is 11.8 Å². The molecule has 0 fully saturated rings. The van der Waals surface area contributed by atoms with Crippen molar-refractivity contribution in [3.8, 4) is 0 Å². The van der Waals surface area contributed by atoms with Gasteiger partial charge in [-0.2, -0.15) is 16.8 Å². The number of carboxylic acids is 2. The van der Waals surface area contributed by atoms with E-state index in [9.17, 15) is 75.0 Å². The summed E-state index contributed by atoms with van der Waals surface area (Å²) in [6.45, 7) is 16.1. The summed E-state index contributed by atoms with van der Waals surface area (Å²) in [4.78, 5) is 130. The molecule has 0 bridgehead atoms. The van der Waals surface area contributed by atoms with Gasteiger partial charge in [0.2, 0.25) is 11.8 Å². The summed E-state index contributed by atoms with van der Waals surface area (Å²) in [6, 6.07) is -6.68. The monoisotopic (exact) mass is 1140 g/mol. The number of esters is 2. The summed E-state index contributed by atoms with van der Waals surface area (Å²) in [5.41, 5.74) is -4.09. The molecule has 32 heteroatoms. The van der Waals surface area contributed by atoms with E-state index in [4.69, 9.17) is 28.1 Å². The first-order valence-corrected chi connectivity index (χ1v) is 27.6. The Hall–Kier alpha value is -4.86. The zero-order chi connectivity index (χ0) is 57.8. The van der Waals surface area contributed by atoms with Gasteiger partial charge in [-0.05, 0) is 95.9 Å². The zero-order valence-electron chi connectivity index (χ0n) is 43.1. The maximum atomic E-state index is 13.7. The number of nitrogens with one attached hydrogen (secondary N) is 4. The Labute approximate surface area is 437 Å². The number of Topliss-reactive ketones (excluding diaryl/α,β-unsaturated/α-hetero) is 2. The maximum absolute atomic E-state index is 13.7. The van der Waals surface area contributed by atoms with E-state index < -0.39 is 202 Å². The second kappa shape index (κ2) is 30.0. The van der Waals surface area contributed by atoms with Gasteiger partial charge >= 0.3 is 56.9 Å². The highest BCUT2D eigenvalue weighted by molar-refractivity contribution is 8.76. The van der Waals surface area contributed by atoms with Crippen molar-refractivity contribution in [2.24, 2.45) is 11.8 Å². The SMILES string of the molecule is CC(C)(C)OC(=O)N[C@@H](CCC(=O)C[C@@H](CSSC[C@H](NC(=O)CC[C@H](NC(=O)OC(C)(C)C)C(=O)OC(C)(C)C)C(=O)C[C@@H](COS(=O)(=O)O)C(=O)O)C(=O)N[C@@H](COS(=O)(=O)O)C(=O)O)C(=O)OC(C)(C)C. The largest absolute Gasteiger partial charge is 0.481 e. The van der Waals surface area contributed by atoms with Gasteiger partial charge in [-0.1, -0.05) is 21.6 Å². The van der Waals surface area contributed by atoms with Crippen molar-refractivity contribution >= 4 is 102 Å². The van der Waals surface area contributed by atoms with E-state index >= 15 is 0 Å². The Morgan fingerprint density at radius 2 is 0.905 bits per heavy atom. The normalized spacial score (nSPS) is 14.8. The number of aliphatic carboxylic acids is 2. The molecular weight excluding hydrogens is 1070 g/mol. The molecule has 0 heterocycles. The lowest BCUT2D eigenvalue weighted by atomic mass is 9.98. The summed E-state index contributed by atoms with van der Waals surface area (Å²) in [6.07, 6.45) is -5.71. The fraction of sp³-hybridized carbons (Fsp3) is 0.762. The lowest BCUT2D eigenvalue weighted by molar-refractivity contribution is -0.158. The molecule has 0 aromatic rings. The van der Waals surface area contributed by atoms with Crippen LogP contribution in [0.2, 0.25) is 0 Å². The fourth-order valence-corrected chi connectivity index (χ4v) is 8.60. The van der Waals surface area contributed by atoms with E-state index in [0.717, 1.165) is 21.6 Å². The molecule has 0 radical (unpaired) electrons. The molecule has 0 saturated carbocycles. The zero-order valence-corrected chi connectivity index (χ0v) is 46.4. The lowest BCUT2D eigenvalue weighted by Crippen LogP contribution is -2.48. The van der Waals surface area contributed by atoms with Crippen molar-refractivity contribution in [2.75, 3.05) is 24.7 Å². The van der Waals surface area contributed by atoms with Crippen LogP contribution in [0.3, 0.4) is 0 Å². The van der Waals surface area contributed by atoms with Gasteiger partial charge in [-0.15, -0.1) is 0 Å². The molecule has 8 N–H and O–H groups in total. The molecule has 0 aliphatic heterocycles. The first-order valence-electron chi connectivity index (χ1n) is 22.4. The van der Waals surface area contributed by atoms with Crippen LogP contribution in [0, 0.1) is 11.8 Å². The van der Waals surface area contributed by atoms with Crippen LogP contribution in [0.5, 0.6) is 0 Å². The number of ketones is 2. The van der Waals surface area contributed by atoms with Crippen LogP contribution < -0.4 is 21.3 Å². The van der Waals surface area contributed by atoms with Crippen LogP contribution in [0.25, 0.3) is 0 Å². The average molecular weight is 1140 g/mol. The Morgan fingerprint density at radius 1 is 0.486 bits per heavy atom. The van der Waals surface area contributed by atoms with Crippen molar-refractivity contribution in [1.29, 1.82) is 0 Å². The number of alkyl carbamates (subject to hydrolysis) is 2. The van der Waals surface area contributed by atoms with Crippen molar-refractivity contribution in [1.82, 2.24) is 21.3 Å². The third-order valence-electron chi connectivity index (χ3n) is 8.51. The van der Waals surface area contributed by atoms with Crippen LogP contribution in [0.1, 0.15) is 122 Å². The predicted molar refractivity (Wildman–Crippen MR) is 262 cm³/mol. The number of rotatable bonds is 31. The molecule has 0 saturated heterocycles. The number of carbonyl (C=O) groups excluding carboxylic acids is 8. The molecule has 0 spiro atoms. The minimum absolute atomic E-state index is 0.394. The fourth-order valence-electron chi connectivity index (χ4n) is 5.45. The van der Waals surface area contributed by atoms with E-state index in [1.165, 1.54) is 0 Å². The van der Waals surface area contributed by atoms with Crippen molar-refractivity contribution in [3.05, 3.63) is 0 Å². The first-order chi connectivity index (χ1) is 33.3. The van der Waals surface area contributed by atoms with Crippen LogP contribution in [0.15, 0.2) is 0 Å². The topological polar surface area (TPSA) is 423 Å².